The van der Waals surface area contributed by atoms with Crippen LogP contribution < -0.4 is 10.1 Å². The van der Waals surface area contributed by atoms with Gasteiger partial charge in [0.15, 0.2) is 5.69 Å². The largest absolute Gasteiger partial charge is 0.488 e. The molecule has 4 fully saturated rings. The van der Waals surface area contributed by atoms with E-state index in [0.29, 0.717) is 16.9 Å². The molecule has 5 nitrogen and oxygen atoms in total. The van der Waals surface area contributed by atoms with Crippen LogP contribution in [0.4, 0.5) is 0 Å². The van der Waals surface area contributed by atoms with Gasteiger partial charge in [0.2, 0.25) is 0 Å². The van der Waals surface area contributed by atoms with E-state index in [4.69, 9.17) is 9.26 Å². The Balaban J connectivity index is 1.25. The highest BCUT2D eigenvalue weighted by Gasteiger charge is 2.50. The van der Waals surface area contributed by atoms with Crippen molar-refractivity contribution in [3.8, 4) is 5.75 Å². The van der Waals surface area contributed by atoms with Crippen LogP contribution in [-0.2, 0) is 6.61 Å². The van der Waals surface area contributed by atoms with Gasteiger partial charge in [-0.3, -0.25) is 4.79 Å². The zero-order chi connectivity index (χ0) is 20.0. The number of amides is 1. The molecule has 1 aromatic heterocycles. The normalized spacial score (nSPS) is 29.8. The second-order valence-corrected chi connectivity index (χ2v) is 9.72. The monoisotopic (exact) mass is 394 g/mol. The molecule has 1 aromatic carbocycles. The number of nitrogens with zero attached hydrogens (tertiary/aromatic N) is 1. The van der Waals surface area contributed by atoms with Crippen molar-refractivity contribution in [1.82, 2.24) is 10.5 Å². The third-order valence-electron chi connectivity index (χ3n) is 7.45. The van der Waals surface area contributed by atoms with Gasteiger partial charge in [-0.25, -0.2) is 0 Å². The summed E-state index contributed by atoms with van der Waals surface area (Å²) in [5.74, 6) is 3.95. The Morgan fingerprint density at radius 3 is 2.45 bits per heavy atom. The highest BCUT2D eigenvalue weighted by atomic mass is 16.5. The standard InChI is InChI=1S/C24H30N2O3/c1-15-5-3-4-6-21(15)28-13-20-16(2)29-26-22(20)23(27)25-14-24-10-17-7-18(11-24)9-19(8-17)12-24/h3-6,17-19H,7-14H2,1-2H3,(H,25,27). The van der Waals surface area contributed by atoms with Gasteiger partial charge in [-0.2, -0.15) is 0 Å². The minimum absolute atomic E-state index is 0.138. The number of para-hydroxylation sites is 1. The molecule has 5 heteroatoms. The van der Waals surface area contributed by atoms with Crippen LogP contribution in [0.3, 0.4) is 0 Å². The molecule has 4 bridgehead atoms. The van der Waals surface area contributed by atoms with Crippen LogP contribution in [0.2, 0.25) is 0 Å². The molecule has 4 aliphatic carbocycles. The smallest absolute Gasteiger partial charge is 0.273 e. The number of nitrogens with one attached hydrogen (secondary N) is 1. The summed E-state index contributed by atoms with van der Waals surface area (Å²) >= 11 is 0. The summed E-state index contributed by atoms with van der Waals surface area (Å²) in [5, 5.41) is 7.25. The molecule has 0 radical (unpaired) electrons. The predicted molar refractivity (Wildman–Crippen MR) is 110 cm³/mol. The first-order valence-electron chi connectivity index (χ1n) is 10.9. The van der Waals surface area contributed by atoms with Gasteiger partial charge in [0.05, 0.1) is 5.56 Å². The highest BCUT2D eigenvalue weighted by Crippen LogP contribution is 2.59. The number of benzene rings is 1. The van der Waals surface area contributed by atoms with Crippen molar-refractivity contribution in [3.05, 3.63) is 46.8 Å². The van der Waals surface area contributed by atoms with E-state index < -0.39 is 0 Å². The van der Waals surface area contributed by atoms with E-state index in [2.05, 4.69) is 10.5 Å². The first kappa shape index (κ1) is 18.7. The average Bonchev–Trinajstić information content (AvgIpc) is 3.05. The fraction of sp³-hybridized carbons (Fsp3) is 0.583. The molecule has 2 aromatic rings. The molecular weight excluding hydrogens is 364 g/mol. The van der Waals surface area contributed by atoms with Crippen molar-refractivity contribution < 1.29 is 14.1 Å². The first-order valence-corrected chi connectivity index (χ1v) is 10.9. The number of hydrogen-bond acceptors (Lipinski definition) is 4. The Bertz CT molecular complexity index is 881. The third kappa shape index (κ3) is 3.56. The second-order valence-electron chi connectivity index (χ2n) is 9.72. The lowest BCUT2D eigenvalue weighted by Gasteiger charge is -2.56. The highest BCUT2D eigenvalue weighted by molar-refractivity contribution is 5.93. The summed E-state index contributed by atoms with van der Waals surface area (Å²) < 4.78 is 11.3. The summed E-state index contributed by atoms with van der Waals surface area (Å²) in [7, 11) is 0. The second kappa shape index (κ2) is 7.19. The number of rotatable bonds is 6. The Hall–Kier alpha value is -2.30. The summed E-state index contributed by atoms with van der Waals surface area (Å²) in [6.07, 6.45) is 8.07. The zero-order valence-corrected chi connectivity index (χ0v) is 17.4. The molecule has 0 saturated heterocycles. The number of aromatic nitrogens is 1. The molecule has 1 heterocycles. The zero-order valence-electron chi connectivity index (χ0n) is 17.4. The number of hydrogen-bond donors (Lipinski definition) is 1. The summed E-state index contributed by atoms with van der Waals surface area (Å²) in [6.45, 7) is 4.88. The third-order valence-corrected chi connectivity index (χ3v) is 7.45. The molecule has 0 atom stereocenters. The molecular formula is C24H30N2O3. The van der Waals surface area contributed by atoms with Crippen molar-refractivity contribution >= 4 is 5.91 Å². The number of carbonyl (C=O) groups excluding carboxylic acids is 1. The minimum atomic E-state index is -0.138. The minimum Gasteiger partial charge on any atom is -0.488 e. The lowest BCUT2D eigenvalue weighted by molar-refractivity contribution is -0.0503. The lowest BCUT2D eigenvalue weighted by atomic mass is 9.49. The van der Waals surface area contributed by atoms with Crippen LogP contribution in [0.5, 0.6) is 5.75 Å². The molecule has 0 spiro atoms. The van der Waals surface area contributed by atoms with Crippen molar-refractivity contribution in [1.29, 1.82) is 0 Å². The number of ether oxygens (including phenoxy) is 1. The summed E-state index contributed by atoms with van der Waals surface area (Å²) in [6, 6.07) is 7.87. The van der Waals surface area contributed by atoms with Crippen LogP contribution in [0.1, 0.15) is 65.9 Å². The van der Waals surface area contributed by atoms with E-state index in [-0.39, 0.29) is 12.5 Å². The fourth-order valence-electron chi connectivity index (χ4n) is 6.47. The fourth-order valence-corrected chi connectivity index (χ4v) is 6.47. The van der Waals surface area contributed by atoms with E-state index in [1.54, 1.807) is 0 Å². The van der Waals surface area contributed by atoms with Gasteiger partial charge in [-0.05, 0) is 87.2 Å². The lowest BCUT2D eigenvalue weighted by Crippen LogP contribution is -2.51. The SMILES string of the molecule is Cc1ccccc1OCc1c(C(=O)NCC23CC4CC(CC(C4)C2)C3)noc1C. The van der Waals surface area contributed by atoms with E-state index in [1.165, 1.54) is 38.5 Å². The number of carbonyl (C=O) groups is 1. The summed E-state index contributed by atoms with van der Waals surface area (Å²) in [5.41, 5.74) is 2.47. The quantitative estimate of drug-likeness (QED) is 0.763. The molecule has 1 N–H and O–H groups in total. The molecule has 1 amide bonds. The first-order chi connectivity index (χ1) is 14.0. The maximum absolute atomic E-state index is 13.0. The van der Waals surface area contributed by atoms with Crippen LogP contribution in [0.25, 0.3) is 0 Å². The Labute approximate surface area is 172 Å². The molecule has 0 unspecified atom stereocenters. The van der Waals surface area contributed by atoms with E-state index in [1.807, 2.05) is 38.1 Å². The average molecular weight is 395 g/mol. The van der Waals surface area contributed by atoms with Crippen LogP contribution >= 0.6 is 0 Å². The summed E-state index contributed by atoms with van der Waals surface area (Å²) in [4.78, 5) is 13.0. The topological polar surface area (TPSA) is 64.4 Å². The molecule has 4 saturated carbocycles. The van der Waals surface area contributed by atoms with Crippen LogP contribution in [0.15, 0.2) is 28.8 Å². The van der Waals surface area contributed by atoms with Crippen molar-refractivity contribution in [2.24, 2.45) is 23.2 Å². The molecule has 0 aliphatic heterocycles. The molecule has 29 heavy (non-hydrogen) atoms. The van der Waals surface area contributed by atoms with E-state index in [9.17, 15) is 4.79 Å². The van der Waals surface area contributed by atoms with Crippen molar-refractivity contribution in [3.63, 3.8) is 0 Å². The molecule has 6 rings (SSSR count). The van der Waals surface area contributed by atoms with Gasteiger partial charge in [0.25, 0.3) is 5.91 Å². The maximum atomic E-state index is 13.0. The van der Waals surface area contributed by atoms with E-state index >= 15 is 0 Å². The van der Waals surface area contributed by atoms with Gasteiger partial charge < -0.3 is 14.6 Å². The van der Waals surface area contributed by atoms with E-state index in [0.717, 1.165) is 41.2 Å². The van der Waals surface area contributed by atoms with Crippen molar-refractivity contribution in [2.75, 3.05) is 6.54 Å². The van der Waals surface area contributed by atoms with Gasteiger partial charge >= 0.3 is 0 Å². The van der Waals surface area contributed by atoms with Crippen LogP contribution in [0, 0.1) is 37.0 Å². The number of aryl methyl sites for hydroxylation is 2. The van der Waals surface area contributed by atoms with Crippen molar-refractivity contribution in [2.45, 2.75) is 59.0 Å². The Morgan fingerprint density at radius 1 is 1.14 bits per heavy atom. The van der Waals surface area contributed by atoms with Gasteiger partial charge in [0.1, 0.15) is 18.1 Å². The predicted octanol–water partition coefficient (Wildman–Crippen LogP) is 4.82. The van der Waals surface area contributed by atoms with Crippen LogP contribution in [-0.4, -0.2) is 17.6 Å². The molecule has 154 valence electrons. The molecule has 4 aliphatic rings. The van der Waals surface area contributed by atoms with Gasteiger partial charge in [-0.15, -0.1) is 0 Å². The Kier molecular flexibility index (Phi) is 4.64. The maximum Gasteiger partial charge on any atom is 0.273 e. The van der Waals surface area contributed by atoms with Gasteiger partial charge in [0, 0.05) is 6.54 Å². The Morgan fingerprint density at radius 2 is 1.79 bits per heavy atom. The van der Waals surface area contributed by atoms with Gasteiger partial charge in [-0.1, -0.05) is 23.4 Å².